The van der Waals surface area contributed by atoms with Gasteiger partial charge in [-0.15, -0.1) is 0 Å². The van der Waals surface area contributed by atoms with Crippen LogP contribution in [0.4, 0.5) is 0 Å². The number of rotatable bonds is 6. The number of esters is 3. The molecule has 0 amide bonds. The number of hydrogen-bond donors (Lipinski definition) is 1. The summed E-state index contributed by atoms with van der Waals surface area (Å²) >= 11 is 0. The number of carbonyl (C=O) groups is 3. The zero-order valence-electron chi connectivity index (χ0n) is 8.86. The minimum absolute atomic E-state index is 0.179. The predicted molar refractivity (Wildman–Crippen MR) is 51.6 cm³/mol. The van der Waals surface area contributed by atoms with Gasteiger partial charge in [-0.25, -0.2) is 4.79 Å². The third kappa shape index (κ3) is 6.55. The molecule has 0 aliphatic carbocycles. The molecular weight excluding hydrogens is 218 g/mol. The Labute approximate surface area is 92.1 Å². The highest BCUT2D eigenvalue weighted by Crippen LogP contribution is 1.94. The van der Waals surface area contributed by atoms with Gasteiger partial charge in [0.05, 0.1) is 0 Å². The fourth-order valence-electron chi connectivity index (χ4n) is 0.585. The predicted octanol–water partition coefficient (Wildman–Crippen LogP) is -0.544. The zero-order valence-corrected chi connectivity index (χ0v) is 8.86. The van der Waals surface area contributed by atoms with E-state index in [4.69, 9.17) is 5.73 Å². The Balaban J connectivity index is 3.70. The summed E-state index contributed by atoms with van der Waals surface area (Å²) in [5, 5.41) is 0. The lowest BCUT2D eigenvalue weighted by molar-refractivity contribution is -0.167. The molecule has 0 rings (SSSR count). The Morgan fingerprint density at radius 3 is 2.19 bits per heavy atom. The molecule has 90 valence electrons. The number of hydrogen-bond acceptors (Lipinski definition) is 7. The van der Waals surface area contributed by atoms with Crippen LogP contribution in [-0.4, -0.2) is 31.4 Å². The van der Waals surface area contributed by atoms with Gasteiger partial charge in [0.1, 0.15) is 13.2 Å². The van der Waals surface area contributed by atoms with Crippen LogP contribution in [0.5, 0.6) is 0 Å². The molecule has 0 atom stereocenters. The number of carbonyl (C=O) groups excluding carboxylic acids is 3. The summed E-state index contributed by atoms with van der Waals surface area (Å²) in [7, 11) is 0. The second kappa shape index (κ2) is 7.41. The van der Waals surface area contributed by atoms with Crippen LogP contribution < -0.4 is 5.73 Å². The maximum Gasteiger partial charge on any atom is 0.335 e. The van der Waals surface area contributed by atoms with Crippen LogP contribution in [0.25, 0.3) is 0 Å². The van der Waals surface area contributed by atoms with Crippen LogP contribution in [0.3, 0.4) is 0 Å². The number of nitrogens with two attached hydrogens (primary N) is 1. The Bertz CT molecular complexity index is 298. The molecule has 0 aliphatic rings. The van der Waals surface area contributed by atoms with E-state index in [0.717, 1.165) is 0 Å². The minimum atomic E-state index is -0.868. The lowest BCUT2D eigenvalue weighted by Crippen LogP contribution is -2.19. The molecule has 0 bridgehead atoms. The van der Waals surface area contributed by atoms with Gasteiger partial charge in [0.25, 0.3) is 0 Å². The molecule has 2 N–H and O–H groups in total. The van der Waals surface area contributed by atoms with Crippen LogP contribution in [-0.2, 0) is 28.6 Å². The summed E-state index contributed by atoms with van der Waals surface area (Å²) in [6.45, 7) is 3.89. The van der Waals surface area contributed by atoms with Crippen molar-refractivity contribution < 1.29 is 28.6 Å². The largest absolute Gasteiger partial charge is 0.450 e. The lowest BCUT2D eigenvalue weighted by atomic mass is 10.4. The minimum Gasteiger partial charge on any atom is -0.450 e. The maximum atomic E-state index is 10.9. The van der Waals surface area contributed by atoms with Crippen molar-refractivity contribution in [2.45, 2.75) is 13.3 Å². The molecule has 0 radical (unpaired) electrons. The third-order valence-corrected chi connectivity index (χ3v) is 1.29. The molecule has 0 saturated carbocycles. The van der Waals surface area contributed by atoms with Crippen molar-refractivity contribution in [1.29, 1.82) is 0 Å². The average molecular weight is 231 g/mol. The van der Waals surface area contributed by atoms with Gasteiger partial charge in [-0.3, -0.25) is 15.3 Å². The summed E-state index contributed by atoms with van der Waals surface area (Å²) < 4.78 is 13.2. The van der Waals surface area contributed by atoms with Gasteiger partial charge in [0, 0.05) is 5.57 Å². The van der Waals surface area contributed by atoms with Crippen LogP contribution >= 0.6 is 0 Å². The highest BCUT2D eigenvalue weighted by molar-refractivity contribution is 5.91. The molecule has 0 unspecified atom stereocenters. The van der Waals surface area contributed by atoms with Gasteiger partial charge >= 0.3 is 17.9 Å². The van der Waals surface area contributed by atoms with E-state index >= 15 is 0 Å². The van der Waals surface area contributed by atoms with Crippen molar-refractivity contribution in [2.24, 2.45) is 5.73 Å². The summed E-state index contributed by atoms with van der Waals surface area (Å²) in [5.41, 5.74) is 5.08. The van der Waals surface area contributed by atoms with E-state index in [1.807, 2.05) is 0 Å². The molecule has 0 aromatic carbocycles. The van der Waals surface area contributed by atoms with Gasteiger partial charge in [0.2, 0.25) is 6.79 Å². The van der Waals surface area contributed by atoms with Crippen molar-refractivity contribution in [2.75, 3.05) is 13.5 Å². The van der Waals surface area contributed by atoms with Crippen molar-refractivity contribution in [1.82, 2.24) is 0 Å². The highest BCUT2D eigenvalue weighted by Gasteiger charge is 2.12. The zero-order chi connectivity index (χ0) is 12.6. The maximum absolute atomic E-state index is 10.9. The molecule has 7 heteroatoms. The quantitative estimate of drug-likeness (QED) is 0.283. The lowest BCUT2D eigenvalue weighted by Gasteiger charge is -2.05. The fraction of sp³-hybridized carbons (Fsp3) is 0.444. The topological polar surface area (TPSA) is 105 Å². The summed E-state index contributed by atoms with van der Waals surface area (Å²) in [6.07, 6.45) is -0.582. The van der Waals surface area contributed by atoms with E-state index in [-0.39, 0.29) is 12.3 Å². The Morgan fingerprint density at radius 1 is 1.12 bits per heavy atom. The van der Waals surface area contributed by atoms with Crippen LogP contribution in [0.15, 0.2) is 12.2 Å². The van der Waals surface area contributed by atoms with E-state index in [9.17, 15) is 14.4 Å². The highest BCUT2D eigenvalue weighted by atomic mass is 16.7. The molecule has 0 aliphatic heterocycles. The van der Waals surface area contributed by atoms with Crippen molar-refractivity contribution in [3.05, 3.63) is 12.2 Å². The SMILES string of the molecule is C=C(C)C(=O)OCOC(=O)CC(=O)OCN. The molecule has 0 spiro atoms. The molecule has 0 fully saturated rings. The molecule has 0 heterocycles. The molecule has 0 saturated heterocycles. The first-order chi connectivity index (χ1) is 7.47. The van der Waals surface area contributed by atoms with Crippen LogP contribution in [0.1, 0.15) is 13.3 Å². The van der Waals surface area contributed by atoms with Crippen molar-refractivity contribution in [3.8, 4) is 0 Å². The molecule has 0 aromatic heterocycles. The first kappa shape index (κ1) is 14.1. The molecule has 16 heavy (non-hydrogen) atoms. The Kier molecular flexibility index (Phi) is 6.53. The van der Waals surface area contributed by atoms with Gasteiger partial charge in [0.15, 0.2) is 0 Å². The van der Waals surface area contributed by atoms with Crippen molar-refractivity contribution in [3.63, 3.8) is 0 Å². The van der Waals surface area contributed by atoms with Crippen molar-refractivity contribution >= 4 is 17.9 Å². The fourth-order valence-corrected chi connectivity index (χ4v) is 0.585. The molecule has 7 nitrogen and oxygen atoms in total. The summed E-state index contributed by atoms with van der Waals surface area (Å²) in [6, 6.07) is 0. The average Bonchev–Trinajstić information content (AvgIpc) is 2.17. The molecular formula is C9H13NO6. The molecule has 0 aromatic rings. The normalized spacial score (nSPS) is 9.12. The van der Waals surface area contributed by atoms with E-state index in [1.54, 1.807) is 0 Å². The number of ether oxygens (including phenoxy) is 3. The van der Waals surface area contributed by atoms with E-state index in [0.29, 0.717) is 0 Å². The second-order valence-corrected chi connectivity index (χ2v) is 2.71. The van der Waals surface area contributed by atoms with Gasteiger partial charge in [-0.2, -0.15) is 0 Å². The smallest absolute Gasteiger partial charge is 0.335 e. The first-order valence-electron chi connectivity index (χ1n) is 4.31. The Hall–Kier alpha value is -1.89. The van der Waals surface area contributed by atoms with E-state index in [2.05, 4.69) is 20.8 Å². The van der Waals surface area contributed by atoms with Gasteiger partial charge in [-0.1, -0.05) is 6.58 Å². The van der Waals surface area contributed by atoms with E-state index < -0.39 is 31.1 Å². The first-order valence-corrected chi connectivity index (χ1v) is 4.31. The van der Waals surface area contributed by atoms with Gasteiger partial charge < -0.3 is 14.2 Å². The summed E-state index contributed by atoms with van der Waals surface area (Å²) in [4.78, 5) is 32.5. The third-order valence-electron chi connectivity index (χ3n) is 1.29. The van der Waals surface area contributed by atoms with E-state index in [1.165, 1.54) is 6.92 Å². The van der Waals surface area contributed by atoms with Crippen LogP contribution in [0, 0.1) is 0 Å². The summed E-state index contributed by atoms with van der Waals surface area (Å²) in [5.74, 6) is -2.36. The van der Waals surface area contributed by atoms with Gasteiger partial charge in [-0.05, 0) is 6.92 Å². The monoisotopic (exact) mass is 231 g/mol. The second-order valence-electron chi connectivity index (χ2n) is 2.71. The van der Waals surface area contributed by atoms with Crippen LogP contribution in [0.2, 0.25) is 0 Å². The Morgan fingerprint density at radius 2 is 1.69 bits per heavy atom. The standard InChI is InChI=1S/C9H13NO6/c1-6(2)9(13)16-5-15-8(12)3-7(11)14-4-10/h1,3-5,10H2,2H3.